The third kappa shape index (κ3) is 8.58. The van der Waals surface area contributed by atoms with Crippen LogP contribution in [0, 0.1) is 17.8 Å². The van der Waals surface area contributed by atoms with E-state index < -0.39 is 18.1 Å². The first kappa shape index (κ1) is 29.7. The monoisotopic (exact) mass is 532 g/mol. The molecule has 2 heterocycles. The molecular weight excluding hydrogens is 480 g/mol. The average molecular weight is 533 g/mol. The van der Waals surface area contributed by atoms with Gasteiger partial charge in [-0.05, 0) is 95.9 Å². The van der Waals surface area contributed by atoms with Gasteiger partial charge < -0.3 is 31.6 Å². The SMILES string of the molecule is CCO[SiH](CCC(C)C1CCC2(C)OC2C1)OCC.CO[Si](CCC1CCC2OC2C1)(OC)OC. The Morgan fingerprint density at radius 2 is 1.66 bits per heavy atom. The van der Waals surface area contributed by atoms with Crippen molar-refractivity contribution < 1.29 is 31.6 Å². The Bertz CT molecular complexity index is 608. The van der Waals surface area contributed by atoms with Gasteiger partial charge in [0.2, 0.25) is 0 Å². The van der Waals surface area contributed by atoms with Crippen LogP contribution in [0.2, 0.25) is 12.1 Å². The Morgan fingerprint density at radius 3 is 2.23 bits per heavy atom. The van der Waals surface area contributed by atoms with Gasteiger partial charge in [-0.15, -0.1) is 0 Å². The third-order valence-electron chi connectivity index (χ3n) is 8.84. The second-order valence-corrected chi connectivity index (χ2v) is 16.3. The number of fused-ring (bicyclic) bond motifs is 2. The number of hydrogen-bond acceptors (Lipinski definition) is 7. The predicted octanol–water partition coefficient (Wildman–Crippen LogP) is 5.09. The molecule has 0 aromatic heterocycles. The molecule has 2 saturated heterocycles. The summed E-state index contributed by atoms with van der Waals surface area (Å²) in [6, 6.07) is 2.07. The third-order valence-corrected chi connectivity index (χ3v) is 13.8. The first-order valence-electron chi connectivity index (χ1n) is 14.0. The maximum atomic E-state index is 5.81. The van der Waals surface area contributed by atoms with Gasteiger partial charge in [0.15, 0.2) is 0 Å². The molecule has 206 valence electrons. The van der Waals surface area contributed by atoms with Crippen LogP contribution in [-0.4, -0.2) is 76.5 Å². The molecule has 0 N–H and O–H groups in total. The Balaban J connectivity index is 0.000000198. The normalized spacial score (nSPS) is 34.5. The first-order valence-corrected chi connectivity index (χ1v) is 17.7. The molecule has 0 bridgehead atoms. The quantitative estimate of drug-likeness (QED) is 0.228. The van der Waals surface area contributed by atoms with E-state index in [0.717, 1.165) is 49.5 Å². The van der Waals surface area contributed by atoms with Crippen molar-refractivity contribution in [3.05, 3.63) is 0 Å². The van der Waals surface area contributed by atoms with Crippen molar-refractivity contribution in [3.8, 4) is 0 Å². The highest BCUT2D eigenvalue weighted by Crippen LogP contribution is 2.51. The summed E-state index contributed by atoms with van der Waals surface area (Å²) in [5.41, 5.74) is 0.254. The van der Waals surface area contributed by atoms with E-state index in [9.17, 15) is 0 Å². The molecule has 7 nitrogen and oxygen atoms in total. The Labute approximate surface area is 217 Å². The summed E-state index contributed by atoms with van der Waals surface area (Å²) in [5, 5.41) is 0. The maximum Gasteiger partial charge on any atom is 0.500 e. The van der Waals surface area contributed by atoms with Gasteiger partial charge in [0.05, 0.1) is 23.9 Å². The Hall–Kier alpha value is 0.154. The summed E-state index contributed by atoms with van der Waals surface area (Å²) in [5.74, 6) is 2.39. The summed E-state index contributed by atoms with van der Waals surface area (Å²) in [6.45, 7) is 10.4. The Kier molecular flexibility index (Phi) is 11.7. The zero-order valence-corrected chi connectivity index (χ0v) is 25.5. The molecule has 0 aromatic rings. The standard InChI is InChI=1S/C15H30O3Si.C11H22O4Si/c1-5-16-19(17-6-2)10-8-12(3)13-7-9-15(4)14(11-13)18-15;1-12-16(13-2,14-3)7-6-9-4-5-10-11(8-9)15-10/h12-14,19H,5-11H2,1-4H3;9-11H,4-8H2,1-3H3. The molecule has 2 aliphatic carbocycles. The van der Waals surface area contributed by atoms with E-state index in [-0.39, 0.29) is 5.60 Å². The number of rotatable bonds is 14. The second kappa shape index (κ2) is 13.8. The maximum absolute atomic E-state index is 5.81. The van der Waals surface area contributed by atoms with E-state index in [2.05, 4.69) is 27.7 Å². The van der Waals surface area contributed by atoms with Crippen molar-refractivity contribution >= 4 is 18.1 Å². The van der Waals surface area contributed by atoms with E-state index in [1.807, 2.05) is 0 Å². The molecule has 4 fully saturated rings. The van der Waals surface area contributed by atoms with Crippen molar-refractivity contribution in [2.24, 2.45) is 17.8 Å². The molecule has 7 atom stereocenters. The topological polar surface area (TPSA) is 71.2 Å². The van der Waals surface area contributed by atoms with Crippen molar-refractivity contribution in [2.45, 2.75) is 115 Å². The molecule has 2 saturated carbocycles. The summed E-state index contributed by atoms with van der Waals surface area (Å²) in [4.78, 5) is 0. The Morgan fingerprint density at radius 1 is 0.971 bits per heavy atom. The minimum absolute atomic E-state index is 0.254. The first-order chi connectivity index (χ1) is 16.8. The molecule has 0 aromatic carbocycles. The van der Waals surface area contributed by atoms with Gasteiger partial charge in [0.1, 0.15) is 0 Å². The van der Waals surface area contributed by atoms with Crippen molar-refractivity contribution in [1.29, 1.82) is 0 Å². The van der Waals surface area contributed by atoms with E-state index in [0.29, 0.717) is 18.3 Å². The summed E-state index contributed by atoms with van der Waals surface area (Å²) in [7, 11) is 1.30. The lowest BCUT2D eigenvalue weighted by molar-refractivity contribution is 0.120. The number of hydrogen-bond donors (Lipinski definition) is 0. The van der Waals surface area contributed by atoms with Gasteiger partial charge in [-0.1, -0.05) is 6.92 Å². The molecule has 4 aliphatic rings. The molecular formula is C26H52O7Si2. The lowest BCUT2D eigenvalue weighted by Crippen LogP contribution is -2.43. The zero-order valence-electron chi connectivity index (χ0n) is 23.4. The highest BCUT2D eigenvalue weighted by atomic mass is 28.4. The molecule has 0 spiro atoms. The largest absolute Gasteiger partial charge is 0.500 e. The molecule has 9 heteroatoms. The summed E-state index contributed by atoms with van der Waals surface area (Å²) < 4.78 is 39.1. The molecule has 2 aliphatic heterocycles. The molecule has 4 rings (SSSR count). The fourth-order valence-corrected chi connectivity index (χ4v) is 9.94. The van der Waals surface area contributed by atoms with Gasteiger partial charge >= 0.3 is 18.1 Å². The van der Waals surface area contributed by atoms with Crippen LogP contribution in [0.15, 0.2) is 0 Å². The fraction of sp³-hybridized carbons (Fsp3) is 1.00. The smallest absolute Gasteiger partial charge is 0.397 e. The zero-order chi connectivity index (χ0) is 25.5. The minimum Gasteiger partial charge on any atom is -0.397 e. The van der Waals surface area contributed by atoms with Gasteiger partial charge in [-0.2, -0.15) is 0 Å². The van der Waals surface area contributed by atoms with Crippen molar-refractivity contribution in [3.63, 3.8) is 0 Å². The second-order valence-electron chi connectivity index (χ2n) is 11.1. The highest BCUT2D eigenvalue weighted by Gasteiger charge is 2.55. The minimum atomic E-state index is -2.35. The number of epoxide rings is 2. The molecule has 7 unspecified atom stereocenters. The lowest BCUT2D eigenvalue weighted by Gasteiger charge is -2.28. The van der Waals surface area contributed by atoms with Crippen molar-refractivity contribution in [1.82, 2.24) is 0 Å². The van der Waals surface area contributed by atoms with Crippen LogP contribution >= 0.6 is 0 Å². The highest BCUT2D eigenvalue weighted by molar-refractivity contribution is 6.60. The van der Waals surface area contributed by atoms with Crippen LogP contribution < -0.4 is 0 Å². The van der Waals surface area contributed by atoms with E-state index in [1.165, 1.54) is 44.9 Å². The summed E-state index contributed by atoms with van der Waals surface area (Å²) in [6.07, 6.45) is 11.7. The van der Waals surface area contributed by atoms with Crippen molar-refractivity contribution in [2.75, 3.05) is 34.5 Å². The van der Waals surface area contributed by atoms with E-state index in [1.54, 1.807) is 21.3 Å². The van der Waals surface area contributed by atoms with Gasteiger partial charge in [-0.25, -0.2) is 0 Å². The lowest BCUT2D eigenvalue weighted by atomic mass is 9.76. The van der Waals surface area contributed by atoms with E-state index in [4.69, 9.17) is 31.6 Å². The molecule has 0 radical (unpaired) electrons. The van der Waals surface area contributed by atoms with Crippen LogP contribution in [0.1, 0.15) is 79.1 Å². The van der Waals surface area contributed by atoms with Crippen LogP contribution in [0.25, 0.3) is 0 Å². The van der Waals surface area contributed by atoms with Crippen LogP contribution in [0.4, 0.5) is 0 Å². The van der Waals surface area contributed by atoms with Gasteiger partial charge in [0.25, 0.3) is 0 Å². The number of ether oxygens (including phenoxy) is 2. The van der Waals surface area contributed by atoms with E-state index >= 15 is 0 Å². The van der Waals surface area contributed by atoms with Gasteiger partial charge in [-0.3, -0.25) is 0 Å². The summed E-state index contributed by atoms with van der Waals surface area (Å²) >= 11 is 0. The average Bonchev–Trinajstić information content (AvgIpc) is 3.78. The molecule has 0 amide bonds. The van der Waals surface area contributed by atoms with Crippen LogP contribution in [0.3, 0.4) is 0 Å². The molecule has 35 heavy (non-hydrogen) atoms. The predicted molar refractivity (Wildman–Crippen MR) is 142 cm³/mol. The van der Waals surface area contributed by atoms with Crippen LogP contribution in [0.5, 0.6) is 0 Å². The van der Waals surface area contributed by atoms with Crippen LogP contribution in [-0.2, 0) is 31.6 Å². The van der Waals surface area contributed by atoms with Gasteiger partial charge in [0, 0.05) is 40.6 Å². The fourth-order valence-electron chi connectivity index (χ4n) is 6.10.